The number of rotatable bonds is 7. The average molecular weight is 376 g/mol. The maximum atomic E-state index is 12.2. The van der Waals surface area contributed by atoms with E-state index >= 15 is 0 Å². The number of nitrogens with one attached hydrogen (secondary N) is 2. The molecule has 0 aliphatic rings. The van der Waals surface area contributed by atoms with Crippen LogP contribution in [0.25, 0.3) is 0 Å². The molecule has 144 valence electrons. The van der Waals surface area contributed by atoms with Gasteiger partial charge in [0.2, 0.25) is 5.91 Å². The molecule has 0 spiro atoms. The maximum Gasteiger partial charge on any atom is 0.229 e. The third-order valence-electron chi connectivity index (χ3n) is 4.31. The number of hydrogen-bond donors (Lipinski definition) is 2. The van der Waals surface area contributed by atoms with Gasteiger partial charge in [0.25, 0.3) is 0 Å². The molecule has 2 N–H and O–H groups in total. The molecule has 28 heavy (non-hydrogen) atoms. The third-order valence-corrected chi connectivity index (χ3v) is 4.31. The number of methoxy groups -OCH3 is 1. The highest BCUT2D eigenvalue weighted by Crippen LogP contribution is 2.20. The maximum absolute atomic E-state index is 12.2. The van der Waals surface area contributed by atoms with E-state index in [0.29, 0.717) is 17.6 Å². The highest BCUT2D eigenvalue weighted by atomic mass is 16.5. The lowest BCUT2D eigenvalue weighted by Crippen LogP contribution is -2.15. The van der Waals surface area contributed by atoms with Crippen LogP contribution in [0.4, 0.5) is 17.3 Å². The molecule has 0 unspecified atom stereocenters. The molecular weight excluding hydrogens is 352 g/mol. The number of ether oxygens (including phenoxy) is 1. The van der Waals surface area contributed by atoms with Gasteiger partial charge in [-0.2, -0.15) is 0 Å². The Morgan fingerprint density at radius 3 is 2.14 bits per heavy atom. The lowest BCUT2D eigenvalue weighted by atomic mass is 10.0. The van der Waals surface area contributed by atoms with E-state index in [1.54, 1.807) is 19.2 Å². The minimum atomic E-state index is -0.149. The molecule has 0 bridgehead atoms. The quantitative estimate of drug-likeness (QED) is 0.633. The fraction of sp³-hybridized carbons (Fsp3) is 0.227. The second kappa shape index (κ2) is 8.99. The molecule has 0 saturated heterocycles. The van der Waals surface area contributed by atoms with Gasteiger partial charge < -0.3 is 15.4 Å². The normalized spacial score (nSPS) is 10.6. The van der Waals surface area contributed by atoms with Crippen molar-refractivity contribution < 1.29 is 9.53 Å². The first kappa shape index (κ1) is 19.4. The van der Waals surface area contributed by atoms with E-state index in [9.17, 15) is 4.79 Å². The van der Waals surface area contributed by atoms with E-state index < -0.39 is 0 Å². The van der Waals surface area contributed by atoms with Crippen LogP contribution in [0.5, 0.6) is 5.75 Å². The number of nitrogens with zero attached hydrogens (tertiary/aromatic N) is 2. The lowest BCUT2D eigenvalue weighted by Gasteiger charge is -2.09. The fourth-order valence-corrected chi connectivity index (χ4v) is 2.68. The molecule has 0 aliphatic carbocycles. The van der Waals surface area contributed by atoms with Crippen molar-refractivity contribution in [1.29, 1.82) is 0 Å². The molecule has 0 fully saturated rings. The predicted octanol–water partition coefficient (Wildman–Crippen LogP) is 4.53. The van der Waals surface area contributed by atoms with E-state index in [4.69, 9.17) is 4.74 Å². The molecule has 1 amide bonds. The van der Waals surface area contributed by atoms with E-state index in [0.717, 1.165) is 17.0 Å². The van der Waals surface area contributed by atoms with Crippen molar-refractivity contribution >= 4 is 23.2 Å². The predicted molar refractivity (Wildman–Crippen MR) is 111 cm³/mol. The zero-order valence-corrected chi connectivity index (χ0v) is 16.3. The Balaban J connectivity index is 1.55. The molecule has 6 heteroatoms. The number of amides is 1. The number of benzene rings is 2. The van der Waals surface area contributed by atoms with Crippen molar-refractivity contribution in [3.8, 4) is 5.75 Å². The first-order valence-electron chi connectivity index (χ1n) is 9.17. The molecular formula is C22H24N4O2. The van der Waals surface area contributed by atoms with Crippen LogP contribution in [0.15, 0.2) is 60.7 Å². The van der Waals surface area contributed by atoms with Gasteiger partial charge in [0.05, 0.1) is 13.5 Å². The van der Waals surface area contributed by atoms with Crippen molar-refractivity contribution in [3.05, 3.63) is 71.8 Å². The summed E-state index contributed by atoms with van der Waals surface area (Å²) in [5.74, 6) is 2.14. The van der Waals surface area contributed by atoms with Gasteiger partial charge in [0.15, 0.2) is 11.6 Å². The molecule has 2 aromatic carbocycles. The van der Waals surface area contributed by atoms with E-state index in [-0.39, 0.29) is 12.3 Å². The molecule has 3 rings (SSSR count). The van der Waals surface area contributed by atoms with Gasteiger partial charge in [-0.25, -0.2) is 0 Å². The summed E-state index contributed by atoms with van der Waals surface area (Å²) in [6, 6.07) is 19.1. The Labute approximate surface area is 165 Å². The minimum Gasteiger partial charge on any atom is -0.497 e. The van der Waals surface area contributed by atoms with Crippen LogP contribution in [-0.4, -0.2) is 23.2 Å². The first-order chi connectivity index (χ1) is 13.5. The number of anilines is 3. The molecule has 1 aromatic heterocycles. The Bertz CT molecular complexity index is 905. The largest absolute Gasteiger partial charge is 0.497 e. The van der Waals surface area contributed by atoms with Crippen molar-refractivity contribution in [3.63, 3.8) is 0 Å². The zero-order chi connectivity index (χ0) is 19.9. The van der Waals surface area contributed by atoms with Crippen LogP contribution < -0.4 is 15.4 Å². The van der Waals surface area contributed by atoms with E-state index in [1.807, 2.05) is 36.4 Å². The molecule has 3 aromatic rings. The Hall–Kier alpha value is -3.41. The number of aromatic nitrogens is 2. The van der Waals surface area contributed by atoms with Crippen molar-refractivity contribution in [2.24, 2.45) is 0 Å². The van der Waals surface area contributed by atoms with Gasteiger partial charge in [-0.05, 0) is 53.4 Å². The number of hydrogen-bond acceptors (Lipinski definition) is 5. The summed E-state index contributed by atoms with van der Waals surface area (Å²) in [5, 5.41) is 14.1. The SMILES string of the molecule is COc1ccc(CC(=O)Nc2ccc(Nc3ccc(C(C)C)cc3)nn2)cc1. The van der Waals surface area contributed by atoms with Gasteiger partial charge in [0.1, 0.15) is 5.75 Å². The minimum absolute atomic E-state index is 0.149. The molecule has 0 radical (unpaired) electrons. The number of carbonyl (C=O) groups excluding carboxylic acids is 1. The second-order valence-electron chi connectivity index (χ2n) is 6.78. The van der Waals surface area contributed by atoms with Gasteiger partial charge in [0, 0.05) is 5.69 Å². The Morgan fingerprint density at radius 1 is 0.929 bits per heavy atom. The molecule has 0 saturated carbocycles. The summed E-state index contributed by atoms with van der Waals surface area (Å²) >= 11 is 0. The van der Waals surface area contributed by atoms with E-state index in [1.165, 1.54) is 5.56 Å². The summed E-state index contributed by atoms with van der Waals surface area (Å²) in [4.78, 5) is 12.2. The van der Waals surface area contributed by atoms with Crippen molar-refractivity contribution in [2.75, 3.05) is 17.7 Å². The van der Waals surface area contributed by atoms with Crippen LogP contribution in [0.2, 0.25) is 0 Å². The highest BCUT2D eigenvalue weighted by Gasteiger charge is 2.07. The smallest absolute Gasteiger partial charge is 0.229 e. The Kier molecular flexibility index (Phi) is 6.22. The molecule has 6 nitrogen and oxygen atoms in total. The summed E-state index contributed by atoms with van der Waals surface area (Å²) in [7, 11) is 1.61. The molecule has 0 atom stereocenters. The first-order valence-corrected chi connectivity index (χ1v) is 9.17. The van der Waals surface area contributed by atoms with Gasteiger partial charge >= 0.3 is 0 Å². The van der Waals surface area contributed by atoms with Crippen LogP contribution in [0, 0.1) is 0 Å². The van der Waals surface area contributed by atoms with Crippen LogP contribution >= 0.6 is 0 Å². The third kappa shape index (κ3) is 5.30. The topological polar surface area (TPSA) is 76.1 Å². The van der Waals surface area contributed by atoms with Gasteiger partial charge in [-0.1, -0.05) is 38.1 Å². The summed E-state index contributed by atoms with van der Waals surface area (Å²) < 4.78 is 5.11. The second-order valence-corrected chi connectivity index (χ2v) is 6.78. The van der Waals surface area contributed by atoms with Gasteiger partial charge in [-0.15, -0.1) is 10.2 Å². The summed E-state index contributed by atoms with van der Waals surface area (Å²) in [6.45, 7) is 4.32. The fourth-order valence-electron chi connectivity index (χ4n) is 2.68. The zero-order valence-electron chi connectivity index (χ0n) is 16.3. The van der Waals surface area contributed by atoms with Gasteiger partial charge in [-0.3, -0.25) is 4.79 Å². The molecule has 0 aliphatic heterocycles. The Morgan fingerprint density at radius 2 is 1.57 bits per heavy atom. The number of carbonyl (C=O) groups is 1. The molecule has 1 heterocycles. The lowest BCUT2D eigenvalue weighted by molar-refractivity contribution is -0.115. The summed E-state index contributed by atoms with van der Waals surface area (Å²) in [5.41, 5.74) is 3.12. The van der Waals surface area contributed by atoms with E-state index in [2.05, 4.69) is 46.8 Å². The summed E-state index contributed by atoms with van der Waals surface area (Å²) in [6.07, 6.45) is 0.258. The van der Waals surface area contributed by atoms with Crippen molar-refractivity contribution in [2.45, 2.75) is 26.2 Å². The standard InChI is InChI=1S/C22H24N4O2/c1-15(2)17-6-8-18(9-7-17)23-20-12-13-21(26-25-20)24-22(27)14-16-4-10-19(28-3)11-5-16/h4-13,15H,14H2,1-3H3,(H,23,25)(H,24,26,27). The van der Waals surface area contributed by atoms with Crippen molar-refractivity contribution in [1.82, 2.24) is 10.2 Å². The monoisotopic (exact) mass is 376 g/mol. The van der Waals surface area contributed by atoms with Crippen LogP contribution in [0.3, 0.4) is 0 Å². The highest BCUT2D eigenvalue weighted by molar-refractivity contribution is 5.91. The van der Waals surface area contributed by atoms with Crippen LogP contribution in [-0.2, 0) is 11.2 Å². The average Bonchev–Trinajstić information content (AvgIpc) is 2.70. The van der Waals surface area contributed by atoms with Crippen LogP contribution in [0.1, 0.15) is 30.9 Å².